The van der Waals surface area contributed by atoms with Crippen molar-refractivity contribution in [3.63, 3.8) is 0 Å². The number of piperazine rings is 1. The van der Waals surface area contributed by atoms with Gasteiger partial charge in [-0.05, 0) is 26.2 Å². The maximum Gasteiger partial charge on any atom is 0.409 e. The highest BCUT2D eigenvalue weighted by Crippen LogP contribution is 2.18. The van der Waals surface area contributed by atoms with Crippen LogP contribution in [0, 0.1) is 0 Å². The quantitative estimate of drug-likeness (QED) is 0.821. The van der Waals surface area contributed by atoms with Crippen LogP contribution in [0.2, 0.25) is 0 Å². The van der Waals surface area contributed by atoms with Gasteiger partial charge in [0.05, 0.1) is 18.7 Å². The number of nitrogens with zero attached hydrogens (tertiary/aromatic N) is 4. The number of carbonyl (C=O) groups is 3. The number of thiazole rings is 1. The van der Waals surface area contributed by atoms with Crippen LogP contribution in [-0.4, -0.2) is 83.6 Å². The fourth-order valence-corrected chi connectivity index (χ4v) is 4.03. The summed E-state index contributed by atoms with van der Waals surface area (Å²) in [5, 5.41) is 5.09. The summed E-state index contributed by atoms with van der Waals surface area (Å²) < 4.78 is 4.98. The molecule has 0 saturated carbocycles. The fraction of sp³-hybridized carbons (Fsp3) is 0.667. The molecule has 2 saturated heterocycles. The van der Waals surface area contributed by atoms with Crippen molar-refractivity contribution in [1.82, 2.24) is 19.7 Å². The molecule has 4 amide bonds. The summed E-state index contributed by atoms with van der Waals surface area (Å²) in [6.07, 6.45) is 3.24. The van der Waals surface area contributed by atoms with E-state index in [4.69, 9.17) is 4.74 Å². The summed E-state index contributed by atoms with van der Waals surface area (Å²) in [4.78, 5) is 46.0. The number of hydrogen-bond donors (Lipinski definition) is 1. The average molecular weight is 410 g/mol. The van der Waals surface area contributed by atoms with Crippen molar-refractivity contribution in [2.24, 2.45) is 0 Å². The third kappa shape index (κ3) is 5.34. The Morgan fingerprint density at radius 3 is 2.39 bits per heavy atom. The molecule has 9 nitrogen and oxygen atoms in total. The average Bonchev–Trinajstić information content (AvgIpc) is 3.15. The Kier molecular flexibility index (Phi) is 7.07. The monoisotopic (exact) mass is 409 g/mol. The number of nitrogens with one attached hydrogen (secondary N) is 1. The number of amides is 4. The van der Waals surface area contributed by atoms with Gasteiger partial charge in [-0.25, -0.2) is 14.6 Å². The Morgan fingerprint density at radius 1 is 1.04 bits per heavy atom. The lowest BCUT2D eigenvalue weighted by Gasteiger charge is -2.33. The van der Waals surface area contributed by atoms with Crippen molar-refractivity contribution in [3.8, 4) is 0 Å². The second kappa shape index (κ2) is 9.72. The van der Waals surface area contributed by atoms with Gasteiger partial charge in [0.25, 0.3) is 0 Å². The lowest BCUT2D eigenvalue weighted by molar-refractivity contribution is -0.131. The number of ether oxygens (including phenoxy) is 1. The topological polar surface area (TPSA) is 95.1 Å². The molecule has 3 heterocycles. The van der Waals surface area contributed by atoms with Crippen molar-refractivity contribution in [3.05, 3.63) is 11.1 Å². The number of aromatic nitrogens is 1. The maximum absolute atomic E-state index is 12.4. The van der Waals surface area contributed by atoms with Gasteiger partial charge in [0.2, 0.25) is 5.91 Å². The zero-order valence-corrected chi connectivity index (χ0v) is 17.0. The van der Waals surface area contributed by atoms with Crippen molar-refractivity contribution < 1.29 is 19.1 Å². The fourth-order valence-electron chi connectivity index (χ4n) is 3.33. The third-order valence-corrected chi connectivity index (χ3v) is 5.71. The van der Waals surface area contributed by atoms with E-state index in [1.54, 1.807) is 16.7 Å². The van der Waals surface area contributed by atoms with Gasteiger partial charge in [-0.3, -0.25) is 10.1 Å². The number of rotatable bonds is 4. The van der Waals surface area contributed by atoms with Gasteiger partial charge in [-0.2, -0.15) is 0 Å². The van der Waals surface area contributed by atoms with Gasteiger partial charge in [-0.1, -0.05) is 0 Å². The molecule has 2 aliphatic rings. The highest BCUT2D eigenvalue weighted by Gasteiger charge is 2.25. The van der Waals surface area contributed by atoms with Crippen LogP contribution >= 0.6 is 11.3 Å². The minimum atomic E-state index is -0.342. The first-order valence-electron chi connectivity index (χ1n) is 9.76. The van der Waals surface area contributed by atoms with Gasteiger partial charge in [0, 0.05) is 44.6 Å². The zero-order valence-electron chi connectivity index (χ0n) is 16.2. The lowest BCUT2D eigenvalue weighted by Crippen LogP contribution is -2.51. The minimum absolute atomic E-state index is 0.0953. The molecule has 10 heteroatoms. The third-order valence-electron chi connectivity index (χ3n) is 4.90. The Hall–Kier alpha value is -2.36. The lowest BCUT2D eigenvalue weighted by atomic mass is 10.1. The van der Waals surface area contributed by atoms with Gasteiger partial charge in [0.15, 0.2) is 5.13 Å². The van der Waals surface area contributed by atoms with Crippen LogP contribution in [0.25, 0.3) is 0 Å². The predicted octanol–water partition coefficient (Wildman–Crippen LogP) is 2.00. The summed E-state index contributed by atoms with van der Waals surface area (Å²) >= 11 is 1.32. The second-order valence-electron chi connectivity index (χ2n) is 6.87. The molecule has 0 bridgehead atoms. The van der Waals surface area contributed by atoms with Crippen molar-refractivity contribution in [2.45, 2.75) is 32.6 Å². The number of likely N-dealkylation sites (tertiary alicyclic amines) is 1. The summed E-state index contributed by atoms with van der Waals surface area (Å²) in [7, 11) is 0. The normalized spacial score (nSPS) is 17.4. The molecule has 0 aromatic carbocycles. The Labute approximate surface area is 168 Å². The molecule has 2 aliphatic heterocycles. The number of urea groups is 1. The molecule has 0 aliphatic carbocycles. The Balaban J connectivity index is 1.45. The summed E-state index contributed by atoms with van der Waals surface area (Å²) in [6, 6.07) is -0.244. The molecule has 1 aromatic heterocycles. The second-order valence-corrected chi connectivity index (χ2v) is 7.72. The largest absolute Gasteiger partial charge is 0.450 e. The van der Waals surface area contributed by atoms with E-state index in [-0.39, 0.29) is 24.5 Å². The molecule has 0 spiro atoms. The molecular formula is C18H27N5O4S. The van der Waals surface area contributed by atoms with E-state index in [2.05, 4.69) is 10.3 Å². The van der Waals surface area contributed by atoms with Gasteiger partial charge < -0.3 is 19.4 Å². The van der Waals surface area contributed by atoms with E-state index in [0.29, 0.717) is 43.6 Å². The van der Waals surface area contributed by atoms with Crippen LogP contribution in [0.1, 0.15) is 31.9 Å². The zero-order chi connectivity index (χ0) is 19.9. The number of carbonyl (C=O) groups excluding carboxylic acids is 3. The van der Waals surface area contributed by atoms with Crippen LogP contribution in [0.3, 0.4) is 0 Å². The van der Waals surface area contributed by atoms with Crippen LogP contribution in [-0.2, 0) is 16.0 Å². The molecule has 0 unspecified atom stereocenters. The predicted molar refractivity (Wildman–Crippen MR) is 105 cm³/mol. The van der Waals surface area contributed by atoms with E-state index >= 15 is 0 Å². The number of hydrogen-bond acceptors (Lipinski definition) is 6. The Morgan fingerprint density at radius 2 is 1.71 bits per heavy atom. The molecule has 28 heavy (non-hydrogen) atoms. The molecule has 0 radical (unpaired) electrons. The summed E-state index contributed by atoms with van der Waals surface area (Å²) in [5.74, 6) is 0.0953. The van der Waals surface area contributed by atoms with E-state index < -0.39 is 0 Å². The van der Waals surface area contributed by atoms with Crippen LogP contribution < -0.4 is 5.32 Å². The van der Waals surface area contributed by atoms with Gasteiger partial charge >= 0.3 is 12.1 Å². The maximum atomic E-state index is 12.4. The van der Waals surface area contributed by atoms with Crippen LogP contribution in [0.5, 0.6) is 0 Å². The van der Waals surface area contributed by atoms with Gasteiger partial charge in [-0.15, -0.1) is 11.3 Å². The van der Waals surface area contributed by atoms with E-state index in [1.807, 2.05) is 10.3 Å². The molecular weight excluding hydrogens is 382 g/mol. The van der Waals surface area contributed by atoms with E-state index in [9.17, 15) is 14.4 Å². The highest BCUT2D eigenvalue weighted by atomic mass is 32.1. The highest BCUT2D eigenvalue weighted by molar-refractivity contribution is 7.13. The van der Waals surface area contributed by atoms with E-state index in [1.165, 1.54) is 17.8 Å². The first-order valence-corrected chi connectivity index (χ1v) is 10.6. The first-order chi connectivity index (χ1) is 13.6. The minimum Gasteiger partial charge on any atom is -0.450 e. The van der Waals surface area contributed by atoms with Gasteiger partial charge in [0.1, 0.15) is 0 Å². The van der Waals surface area contributed by atoms with Crippen LogP contribution in [0.15, 0.2) is 5.38 Å². The molecule has 2 fully saturated rings. The van der Waals surface area contributed by atoms with Crippen molar-refractivity contribution >= 4 is 34.5 Å². The SMILES string of the molecule is CCOC(=O)N1CCN(C(=O)Nc2nc(CC(=O)N3CCCCC3)cs2)CC1. The summed E-state index contributed by atoms with van der Waals surface area (Å²) in [6.45, 7) is 5.52. The molecule has 1 aromatic rings. The van der Waals surface area contributed by atoms with E-state index in [0.717, 1.165) is 25.9 Å². The molecule has 1 N–H and O–H groups in total. The Bertz CT molecular complexity index is 696. The standard InChI is InChI=1S/C18H27N5O4S/c1-2-27-18(26)23-10-8-22(9-11-23)17(25)20-16-19-14(13-28-16)12-15(24)21-6-4-3-5-7-21/h13H,2-12H2,1H3,(H,19,20,25). The molecule has 154 valence electrons. The number of piperidine rings is 1. The first kappa shape index (κ1) is 20.4. The number of anilines is 1. The smallest absolute Gasteiger partial charge is 0.409 e. The van der Waals surface area contributed by atoms with Crippen LogP contribution in [0.4, 0.5) is 14.7 Å². The summed E-state index contributed by atoms with van der Waals surface area (Å²) in [5.41, 5.74) is 0.683. The molecule has 0 atom stereocenters. The van der Waals surface area contributed by atoms with Crippen molar-refractivity contribution in [1.29, 1.82) is 0 Å². The van der Waals surface area contributed by atoms with Crippen molar-refractivity contribution in [2.75, 3.05) is 51.2 Å². The molecule has 3 rings (SSSR count).